The van der Waals surface area contributed by atoms with Gasteiger partial charge in [0, 0.05) is 12.2 Å². The molecule has 0 aliphatic carbocycles. The highest BCUT2D eigenvalue weighted by atomic mass is 32.1. The molecule has 0 N–H and O–H groups in total. The van der Waals surface area contributed by atoms with E-state index in [0.29, 0.717) is 18.8 Å². The maximum atomic E-state index is 11.3. The summed E-state index contributed by atoms with van der Waals surface area (Å²) in [4.78, 5) is 11.3. The predicted molar refractivity (Wildman–Crippen MR) is 118 cm³/mol. The van der Waals surface area contributed by atoms with Gasteiger partial charge in [-0.2, -0.15) is 12.6 Å². The fraction of sp³-hybridized carbons (Fsp3) is 0.870. The summed E-state index contributed by atoms with van der Waals surface area (Å²) in [6.07, 6.45) is 26.3. The van der Waals surface area contributed by atoms with Crippen LogP contribution in [0.5, 0.6) is 0 Å². The van der Waals surface area contributed by atoms with Crippen LogP contribution in [0.25, 0.3) is 0 Å². The molecule has 0 atom stereocenters. The van der Waals surface area contributed by atoms with E-state index in [1.807, 2.05) is 0 Å². The van der Waals surface area contributed by atoms with Gasteiger partial charge in [0.05, 0.1) is 0 Å². The van der Waals surface area contributed by atoms with Gasteiger partial charge in [-0.3, -0.25) is 4.79 Å². The van der Waals surface area contributed by atoms with Crippen LogP contribution in [-0.4, -0.2) is 18.3 Å². The average Bonchev–Trinajstić information content (AvgIpc) is 2.65. The van der Waals surface area contributed by atoms with Crippen molar-refractivity contribution in [2.75, 3.05) is 12.4 Å². The molecule has 0 rings (SSSR count). The highest BCUT2D eigenvalue weighted by Crippen LogP contribution is 2.12. The van der Waals surface area contributed by atoms with Gasteiger partial charge in [-0.25, -0.2) is 0 Å². The fourth-order valence-electron chi connectivity index (χ4n) is 3.10. The van der Waals surface area contributed by atoms with Crippen LogP contribution in [0.15, 0.2) is 12.2 Å². The van der Waals surface area contributed by atoms with E-state index in [1.165, 1.54) is 83.5 Å². The number of carbonyl (C=O) groups is 1. The molecule has 0 aliphatic heterocycles. The molecule has 0 fully saturated rings. The van der Waals surface area contributed by atoms with Crippen molar-refractivity contribution >= 4 is 18.6 Å². The Morgan fingerprint density at radius 2 is 1.19 bits per heavy atom. The first-order valence-electron chi connectivity index (χ1n) is 11.2. The number of unbranched alkanes of at least 4 members (excludes halogenated alkanes) is 14. The van der Waals surface area contributed by atoms with Crippen LogP contribution < -0.4 is 0 Å². The third kappa shape index (κ3) is 21.6. The highest BCUT2D eigenvalue weighted by molar-refractivity contribution is 7.80. The maximum absolute atomic E-state index is 11.3. The number of esters is 1. The molecule has 0 spiro atoms. The monoisotopic (exact) mass is 384 g/mol. The van der Waals surface area contributed by atoms with Gasteiger partial charge < -0.3 is 4.74 Å². The summed E-state index contributed by atoms with van der Waals surface area (Å²) in [6, 6.07) is 0. The number of hydrogen-bond donors (Lipinski definition) is 1. The van der Waals surface area contributed by atoms with Gasteiger partial charge in [0.2, 0.25) is 0 Å². The number of ether oxygens (including phenoxy) is 1. The van der Waals surface area contributed by atoms with E-state index in [1.54, 1.807) is 0 Å². The molecule has 0 heterocycles. The van der Waals surface area contributed by atoms with Crippen LogP contribution in [0.1, 0.15) is 116 Å². The Morgan fingerprint density at radius 3 is 1.69 bits per heavy atom. The van der Waals surface area contributed by atoms with Crippen LogP contribution in [0.4, 0.5) is 0 Å². The van der Waals surface area contributed by atoms with Crippen LogP contribution in [-0.2, 0) is 9.53 Å². The van der Waals surface area contributed by atoms with Gasteiger partial charge in [-0.1, -0.05) is 89.7 Å². The topological polar surface area (TPSA) is 26.3 Å². The van der Waals surface area contributed by atoms with E-state index >= 15 is 0 Å². The van der Waals surface area contributed by atoms with Gasteiger partial charge in [0.25, 0.3) is 0 Å². The van der Waals surface area contributed by atoms with Crippen molar-refractivity contribution in [3.05, 3.63) is 12.2 Å². The molecule has 0 saturated heterocycles. The molecule has 0 aromatic rings. The van der Waals surface area contributed by atoms with Crippen molar-refractivity contribution in [2.45, 2.75) is 116 Å². The third-order valence-corrected chi connectivity index (χ3v) is 4.93. The quantitative estimate of drug-likeness (QED) is 0.101. The van der Waals surface area contributed by atoms with Gasteiger partial charge in [0.15, 0.2) is 0 Å². The number of thiol groups is 1. The molecule has 0 aromatic carbocycles. The Bertz CT molecular complexity index is 315. The molecule has 2 nitrogen and oxygen atoms in total. The number of carbonyl (C=O) groups excluding carboxylic acids is 1. The number of allylic oxidation sites excluding steroid dienone is 2. The smallest absolute Gasteiger partial charge is 0.305 e. The lowest BCUT2D eigenvalue weighted by Crippen LogP contribution is -2.06. The molecule has 3 heteroatoms. The molecule has 154 valence electrons. The van der Waals surface area contributed by atoms with E-state index in [-0.39, 0.29) is 5.97 Å². The minimum Gasteiger partial charge on any atom is -0.465 e. The molecule has 26 heavy (non-hydrogen) atoms. The molecular formula is C23H44O2S. The fourth-order valence-corrected chi connectivity index (χ4v) is 3.19. The molecule has 0 radical (unpaired) electrons. The molecule has 0 aliphatic rings. The molecule has 0 unspecified atom stereocenters. The first-order chi connectivity index (χ1) is 12.8. The summed E-state index contributed by atoms with van der Waals surface area (Å²) >= 11 is 4.02. The zero-order valence-electron chi connectivity index (χ0n) is 17.4. The van der Waals surface area contributed by atoms with Gasteiger partial charge in [0.1, 0.15) is 6.61 Å². The van der Waals surface area contributed by atoms with E-state index in [2.05, 4.69) is 31.7 Å². The zero-order chi connectivity index (χ0) is 19.1. The van der Waals surface area contributed by atoms with Crippen LogP contribution >= 0.6 is 12.6 Å². The van der Waals surface area contributed by atoms with Crippen molar-refractivity contribution in [2.24, 2.45) is 0 Å². The van der Waals surface area contributed by atoms with Crippen molar-refractivity contribution in [3.8, 4) is 0 Å². The normalized spacial score (nSPS) is 11.3. The summed E-state index contributed by atoms with van der Waals surface area (Å²) in [5.41, 5.74) is 0. The van der Waals surface area contributed by atoms with E-state index in [0.717, 1.165) is 19.3 Å². The Balaban J connectivity index is 3.14. The van der Waals surface area contributed by atoms with Gasteiger partial charge in [-0.15, -0.1) is 0 Å². The van der Waals surface area contributed by atoms with Crippen molar-refractivity contribution < 1.29 is 9.53 Å². The predicted octanol–water partition coefficient (Wildman–Crippen LogP) is 7.67. The average molecular weight is 385 g/mol. The first-order valence-corrected chi connectivity index (χ1v) is 11.9. The van der Waals surface area contributed by atoms with Crippen LogP contribution in [0, 0.1) is 0 Å². The SMILES string of the molecule is CCCCCCCCCCCCC/C=C/CCCCCC(=O)OCCS. The lowest BCUT2D eigenvalue weighted by atomic mass is 10.1. The molecular weight excluding hydrogens is 340 g/mol. The van der Waals surface area contributed by atoms with Crippen LogP contribution in [0.2, 0.25) is 0 Å². The minimum atomic E-state index is -0.0777. The van der Waals surface area contributed by atoms with Crippen molar-refractivity contribution in [3.63, 3.8) is 0 Å². The summed E-state index contributed by atoms with van der Waals surface area (Å²) in [5, 5.41) is 0. The minimum absolute atomic E-state index is 0.0777. The van der Waals surface area contributed by atoms with Crippen LogP contribution in [0.3, 0.4) is 0 Å². The summed E-state index contributed by atoms with van der Waals surface area (Å²) < 4.78 is 5.00. The van der Waals surface area contributed by atoms with E-state index < -0.39 is 0 Å². The second-order valence-electron chi connectivity index (χ2n) is 7.34. The molecule has 0 bridgehead atoms. The van der Waals surface area contributed by atoms with Crippen molar-refractivity contribution in [1.82, 2.24) is 0 Å². The Hall–Kier alpha value is -0.440. The largest absolute Gasteiger partial charge is 0.465 e. The summed E-state index contributed by atoms with van der Waals surface area (Å²) in [5.74, 6) is 0.529. The molecule has 0 saturated carbocycles. The summed E-state index contributed by atoms with van der Waals surface area (Å²) in [7, 11) is 0. The molecule has 0 amide bonds. The van der Waals surface area contributed by atoms with E-state index in [9.17, 15) is 4.79 Å². The second kappa shape index (κ2) is 22.6. The highest BCUT2D eigenvalue weighted by Gasteiger charge is 2.00. The van der Waals surface area contributed by atoms with Crippen molar-refractivity contribution in [1.29, 1.82) is 0 Å². The Morgan fingerprint density at radius 1 is 0.731 bits per heavy atom. The maximum Gasteiger partial charge on any atom is 0.305 e. The molecule has 0 aromatic heterocycles. The van der Waals surface area contributed by atoms with Gasteiger partial charge >= 0.3 is 5.97 Å². The standard InChI is InChI=1S/C23H44O2S/c1-2-3-4-5-6-7-8-9-10-11-12-13-14-15-16-17-18-19-20-23(24)25-21-22-26/h14-15,26H,2-13,16-22H2,1H3/b15-14+. The Kier molecular flexibility index (Phi) is 22.2. The van der Waals surface area contributed by atoms with E-state index in [4.69, 9.17) is 4.74 Å². The number of rotatable bonds is 20. The number of hydrogen-bond acceptors (Lipinski definition) is 3. The lowest BCUT2D eigenvalue weighted by molar-refractivity contribution is -0.143. The zero-order valence-corrected chi connectivity index (χ0v) is 18.2. The first kappa shape index (κ1) is 25.6. The third-order valence-electron chi connectivity index (χ3n) is 4.75. The Labute approximate surface area is 169 Å². The second-order valence-corrected chi connectivity index (χ2v) is 7.79. The summed E-state index contributed by atoms with van der Waals surface area (Å²) in [6.45, 7) is 2.71. The lowest BCUT2D eigenvalue weighted by Gasteiger charge is -2.02. The van der Waals surface area contributed by atoms with Gasteiger partial charge in [-0.05, 0) is 32.1 Å².